The van der Waals surface area contributed by atoms with Crippen molar-refractivity contribution in [2.45, 2.75) is 9.24 Å². The molecule has 0 saturated carbocycles. The molecule has 0 radical (unpaired) electrons. The van der Waals surface area contributed by atoms with Gasteiger partial charge >= 0.3 is 0 Å². The third-order valence-electron chi connectivity index (χ3n) is 4.17. The zero-order chi connectivity index (χ0) is 25.4. The number of carbonyl (C=O) groups is 2. The Balaban J connectivity index is 1.58. The third kappa shape index (κ3) is 6.76. The first-order valence-corrected chi connectivity index (χ1v) is 12.3. The van der Waals surface area contributed by atoms with Crippen molar-refractivity contribution in [2.75, 3.05) is 22.1 Å². The van der Waals surface area contributed by atoms with Crippen molar-refractivity contribution in [3.05, 3.63) is 74.3 Å². The first kappa shape index (κ1) is 25.6. The van der Waals surface area contributed by atoms with Crippen LogP contribution in [0.4, 0.5) is 22.7 Å². The van der Waals surface area contributed by atoms with Gasteiger partial charge in [-0.2, -0.15) is 9.64 Å². The fourth-order valence-corrected chi connectivity index (χ4v) is 5.36. The number of nitriles is 1. The highest BCUT2D eigenvalue weighted by Gasteiger charge is 2.20. The van der Waals surface area contributed by atoms with Crippen LogP contribution in [0.2, 0.25) is 0 Å². The second-order valence-corrected chi connectivity index (χ2v) is 9.47. The molecule has 0 spiro atoms. The van der Waals surface area contributed by atoms with Crippen LogP contribution in [0.25, 0.3) is 0 Å². The molecule has 15 heteroatoms. The van der Waals surface area contributed by atoms with Gasteiger partial charge in [-0.15, -0.1) is 11.8 Å². The minimum absolute atomic E-state index is 0.0581. The van der Waals surface area contributed by atoms with Gasteiger partial charge in [-0.25, -0.2) is 0 Å². The number of hydrogen-bond acceptors (Lipinski definition) is 11. The Labute approximate surface area is 210 Å². The van der Waals surface area contributed by atoms with E-state index in [1.54, 1.807) is 12.1 Å². The maximum absolute atomic E-state index is 12.3. The molecule has 0 aliphatic heterocycles. The predicted molar refractivity (Wildman–Crippen MR) is 132 cm³/mol. The van der Waals surface area contributed by atoms with E-state index in [1.807, 2.05) is 6.07 Å². The van der Waals surface area contributed by atoms with Crippen molar-refractivity contribution in [3.8, 4) is 6.07 Å². The van der Waals surface area contributed by atoms with Gasteiger partial charge in [-0.3, -0.25) is 29.8 Å². The Morgan fingerprint density at radius 3 is 1.89 bits per heavy atom. The Bertz CT molecular complexity index is 1250. The summed E-state index contributed by atoms with van der Waals surface area (Å²) in [7, 11) is 0. The molecule has 2 amide bonds. The summed E-state index contributed by atoms with van der Waals surface area (Å²) >= 11 is 3.00. The number of anilines is 2. The molecule has 35 heavy (non-hydrogen) atoms. The molecule has 0 atom stereocenters. The molecule has 0 fully saturated rings. The number of nitro benzene ring substituents is 2. The van der Waals surface area contributed by atoms with Crippen LogP contribution in [0.15, 0.2) is 57.8 Å². The smallest absolute Gasteiger partial charge is 0.292 e. The van der Waals surface area contributed by atoms with Gasteiger partial charge in [0.2, 0.25) is 11.8 Å². The molecule has 3 rings (SSSR count). The van der Waals surface area contributed by atoms with E-state index < -0.39 is 21.7 Å². The average molecular weight is 531 g/mol. The number of hydrogen-bond donors (Lipinski definition) is 2. The highest BCUT2D eigenvalue weighted by Crippen LogP contribution is 2.34. The van der Waals surface area contributed by atoms with Gasteiger partial charge in [-0.1, -0.05) is 36.0 Å². The van der Waals surface area contributed by atoms with Crippen LogP contribution >= 0.6 is 35.1 Å². The third-order valence-corrected chi connectivity index (χ3v) is 7.35. The molecule has 2 N–H and O–H groups in total. The lowest BCUT2D eigenvalue weighted by molar-refractivity contribution is -0.384. The lowest BCUT2D eigenvalue weighted by atomic mass is 10.2. The highest BCUT2D eigenvalue weighted by atomic mass is 32.2. The van der Waals surface area contributed by atoms with Crippen molar-refractivity contribution >= 4 is 69.6 Å². The minimum Gasteiger partial charge on any atom is -0.320 e. The minimum atomic E-state index is -0.605. The highest BCUT2D eigenvalue weighted by molar-refractivity contribution is 8.02. The summed E-state index contributed by atoms with van der Waals surface area (Å²) in [5, 5.41) is 36.9. The van der Waals surface area contributed by atoms with E-state index >= 15 is 0 Å². The quantitative estimate of drug-likeness (QED) is 0.218. The number of thioether (sulfide) groups is 2. The number of amides is 2. The Morgan fingerprint density at radius 2 is 1.40 bits per heavy atom. The summed E-state index contributed by atoms with van der Waals surface area (Å²) in [6.45, 7) is 0. The first-order valence-electron chi connectivity index (χ1n) is 9.52. The zero-order valence-electron chi connectivity index (χ0n) is 17.5. The molecule has 12 nitrogen and oxygen atoms in total. The van der Waals surface area contributed by atoms with Crippen LogP contribution in [0, 0.1) is 31.6 Å². The predicted octanol–water partition coefficient (Wildman–Crippen LogP) is 4.29. The SMILES string of the molecule is N#Cc1c(SCC(=O)Nc2ccccc2[N+](=O)[O-])nsc1SCC(=O)Nc1ccccc1[N+](=O)[O-]. The number of para-hydroxylation sites is 4. The normalized spacial score (nSPS) is 10.3. The van der Waals surface area contributed by atoms with E-state index in [9.17, 15) is 35.1 Å². The molecule has 0 unspecified atom stereocenters. The number of benzene rings is 2. The summed E-state index contributed by atoms with van der Waals surface area (Å²) in [6.07, 6.45) is 0. The Hall–Kier alpha value is -4.00. The number of nitrogens with zero attached hydrogens (tertiary/aromatic N) is 4. The largest absolute Gasteiger partial charge is 0.320 e. The topological polar surface area (TPSA) is 181 Å². The van der Waals surface area contributed by atoms with Gasteiger partial charge in [-0.05, 0) is 23.7 Å². The maximum atomic E-state index is 12.3. The second-order valence-electron chi connectivity index (χ2n) is 6.48. The number of carbonyl (C=O) groups excluding carboxylic acids is 2. The zero-order valence-corrected chi connectivity index (χ0v) is 19.9. The van der Waals surface area contributed by atoms with Crippen LogP contribution in [-0.4, -0.2) is 37.5 Å². The van der Waals surface area contributed by atoms with Crippen LogP contribution in [0.5, 0.6) is 0 Å². The van der Waals surface area contributed by atoms with Crippen molar-refractivity contribution in [1.82, 2.24) is 4.37 Å². The summed E-state index contributed by atoms with van der Waals surface area (Å²) < 4.78 is 4.61. The molecule has 3 aromatic rings. The first-order chi connectivity index (χ1) is 16.8. The van der Waals surface area contributed by atoms with Gasteiger partial charge in [0.25, 0.3) is 11.4 Å². The van der Waals surface area contributed by atoms with Crippen LogP contribution in [-0.2, 0) is 9.59 Å². The molecule has 0 aliphatic rings. The van der Waals surface area contributed by atoms with Crippen molar-refractivity contribution in [3.63, 3.8) is 0 Å². The summed E-state index contributed by atoms with van der Waals surface area (Å²) in [4.78, 5) is 45.5. The van der Waals surface area contributed by atoms with Crippen LogP contribution in [0.3, 0.4) is 0 Å². The van der Waals surface area contributed by atoms with E-state index in [0.717, 1.165) is 35.1 Å². The average Bonchev–Trinajstić information content (AvgIpc) is 3.23. The molecule has 0 bridgehead atoms. The fourth-order valence-electron chi connectivity index (χ4n) is 2.67. The number of rotatable bonds is 10. The molecular formula is C20H14N6O6S3. The van der Waals surface area contributed by atoms with Crippen molar-refractivity contribution in [1.29, 1.82) is 5.26 Å². The molecule has 0 aliphatic carbocycles. The number of aromatic nitrogens is 1. The van der Waals surface area contributed by atoms with E-state index in [4.69, 9.17) is 0 Å². The van der Waals surface area contributed by atoms with Crippen molar-refractivity contribution in [2.24, 2.45) is 0 Å². The van der Waals surface area contributed by atoms with E-state index in [-0.39, 0.29) is 44.8 Å². The van der Waals surface area contributed by atoms with Crippen molar-refractivity contribution < 1.29 is 19.4 Å². The fraction of sp³-hybridized carbons (Fsp3) is 0.100. The Morgan fingerprint density at radius 1 is 0.914 bits per heavy atom. The van der Waals surface area contributed by atoms with Gasteiger partial charge in [0.05, 0.1) is 21.4 Å². The van der Waals surface area contributed by atoms with E-state index in [2.05, 4.69) is 15.0 Å². The lowest BCUT2D eigenvalue weighted by Crippen LogP contribution is -2.15. The van der Waals surface area contributed by atoms with E-state index in [1.165, 1.54) is 36.4 Å². The van der Waals surface area contributed by atoms with Crippen LogP contribution < -0.4 is 10.6 Å². The molecule has 0 saturated heterocycles. The number of nitro groups is 2. The molecular weight excluding hydrogens is 516 g/mol. The molecule has 178 valence electrons. The standard InChI is InChI=1S/C20H14N6O6S3/c21-9-12-19(33-10-17(27)22-13-5-1-3-7-15(13)25(29)30)24-35-20(12)34-11-18(28)23-14-6-2-4-8-16(14)26(31)32/h1-8H,10-11H2,(H,22,27)(H,23,28). The van der Waals surface area contributed by atoms with Gasteiger partial charge in [0.1, 0.15) is 32.2 Å². The van der Waals surface area contributed by atoms with Gasteiger partial charge in [0.15, 0.2) is 0 Å². The monoisotopic (exact) mass is 530 g/mol. The summed E-state index contributed by atoms with van der Waals surface area (Å²) in [5.41, 5.74) is -0.159. The maximum Gasteiger partial charge on any atom is 0.292 e. The second kappa shape index (κ2) is 11.9. The Kier molecular flexibility index (Phi) is 8.73. The van der Waals surface area contributed by atoms with Gasteiger partial charge in [0, 0.05) is 12.1 Å². The van der Waals surface area contributed by atoms with Gasteiger partial charge < -0.3 is 10.6 Å². The van der Waals surface area contributed by atoms with E-state index in [0.29, 0.717) is 4.21 Å². The number of nitrogens with one attached hydrogen (secondary N) is 2. The summed E-state index contributed by atoms with van der Waals surface area (Å²) in [6, 6.07) is 13.5. The lowest BCUT2D eigenvalue weighted by Gasteiger charge is -2.05. The molecule has 1 aromatic heterocycles. The molecule has 1 heterocycles. The molecule has 2 aromatic carbocycles. The van der Waals surface area contributed by atoms with Crippen LogP contribution in [0.1, 0.15) is 5.56 Å². The summed E-state index contributed by atoms with van der Waals surface area (Å²) in [5.74, 6) is -1.28.